The van der Waals surface area contributed by atoms with E-state index in [1.807, 2.05) is 0 Å². The van der Waals surface area contributed by atoms with Gasteiger partial charge in [-0.3, -0.25) is 0 Å². The Bertz CT molecular complexity index is 433. The van der Waals surface area contributed by atoms with E-state index in [4.69, 9.17) is 32.7 Å². The van der Waals surface area contributed by atoms with E-state index in [1.54, 1.807) is 0 Å². The molecule has 2 rings (SSSR count). The molecule has 0 bridgehead atoms. The number of hydrogen-bond acceptors (Lipinski definition) is 4. The molecule has 0 atom stereocenters. The number of halogens is 2. The summed E-state index contributed by atoms with van der Waals surface area (Å²) in [6.07, 6.45) is 1.81. The summed E-state index contributed by atoms with van der Waals surface area (Å²) in [5.74, 6) is -0.186. The summed E-state index contributed by atoms with van der Waals surface area (Å²) < 4.78 is 10.4. The van der Waals surface area contributed by atoms with Crippen LogP contribution in [0.3, 0.4) is 0 Å². The molecule has 0 unspecified atom stereocenters. The van der Waals surface area contributed by atoms with Crippen LogP contribution in [-0.2, 0) is 9.47 Å². The van der Waals surface area contributed by atoms with E-state index in [2.05, 4.69) is 4.98 Å². The van der Waals surface area contributed by atoms with Crippen LogP contribution in [0.5, 0.6) is 0 Å². The topological polar surface area (TPSA) is 48.4 Å². The zero-order chi connectivity index (χ0) is 13.0. The normalized spacial score (nSPS) is 16.6. The quantitative estimate of drug-likeness (QED) is 0.634. The molecule has 6 heteroatoms. The molecule has 0 N–H and O–H groups in total. The SMILES string of the molecule is O=C(OCC1CCOCC1)c1nc(Cl)ccc1Cl. The van der Waals surface area contributed by atoms with Gasteiger partial charge >= 0.3 is 5.97 Å². The molecule has 1 saturated heterocycles. The lowest BCUT2D eigenvalue weighted by Crippen LogP contribution is -2.22. The Hall–Kier alpha value is -0.840. The molecule has 98 valence electrons. The maximum atomic E-state index is 11.8. The summed E-state index contributed by atoms with van der Waals surface area (Å²) in [6, 6.07) is 3.06. The van der Waals surface area contributed by atoms with Crippen LogP contribution >= 0.6 is 23.2 Å². The van der Waals surface area contributed by atoms with Gasteiger partial charge in [-0.1, -0.05) is 23.2 Å². The standard InChI is InChI=1S/C12H13Cl2NO3/c13-9-1-2-10(14)15-11(9)12(16)18-7-8-3-5-17-6-4-8/h1-2,8H,3-7H2. The largest absolute Gasteiger partial charge is 0.461 e. The molecule has 1 aromatic heterocycles. The van der Waals surface area contributed by atoms with Gasteiger partial charge in [-0.15, -0.1) is 0 Å². The molecule has 2 heterocycles. The smallest absolute Gasteiger partial charge is 0.358 e. The van der Waals surface area contributed by atoms with Crippen molar-refractivity contribution in [3.63, 3.8) is 0 Å². The van der Waals surface area contributed by atoms with Gasteiger partial charge < -0.3 is 9.47 Å². The van der Waals surface area contributed by atoms with Crippen molar-refractivity contribution >= 4 is 29.2 Å². The van der Waals surface area contributed by atoms with Gasteiger partial charge in [0.25, 0.3) is 0 Å². The lowest BCUT2D eigenvalue weighted by molar-refractivity contribution is 0.0181. The minimum Gasteiger partial charge on any atom is -0.461 e. The summed E-state index contributed by atoms with van der Waals surface area (Å²) in [4.78, 5) is 15.7. The Morgan fingerprint density at radius 2 is 2.11 bits per heavy atom. The predicted molar refractivity (Wildman–Crippen MR) is 68.1 cm³/mol. The molecule has 0 spiro atoms. The molecule has 1 fully saturated rings. The number of rotatable bonds is 3. The molecular weight excluding hydrogens is 277 g/mol. The van der Waals surface area contributed by atoms with Crippen LogP contribution in [0.1, 0.15) is 23.3 Å². The lowest BCUT2D eigenvalue weighted by Gasteiger charge is -2.21. The van der Waals surface area contributed by atoms with Crippen molar-refractivity contribution in [1.29, 1.82) is 0 Å². The summed E-state index contributed by atoms with van der Waals surface area (Å²) in [6.45, 7) is 1.81. The third-order valence-corrected chi connectivity index (χ3v) is 3.31. The molecule has 4 nitrogen and oxygen atoms in total. The van der Waals surface area contributed by atoms with Gasteiger partial charge in [-0.2, -0.15) is 0 Å². The van der Waals surface area contributed by atoms with Crippen molar-refractivity contribution in [2.45, 2.75) is 12.8 Å². The first kappa shape index (κ1) is 13.6. The predicted octanol–water partition coefficient (Wildman–Crippen LogP) is 2.97. The Balaban J connectivity index is 1.92. The number of nitrogens with zero attached hydrogens (tertiary/aromatic N) is 1. The van der Waals surface area contributed by atoms with Gasteiger partial charge in [0, 0.05) is 13.2 Å². The molecule has 1 aliphatic rings. The third kappa shape index (κ3) is 3.57. The Labute approximate surface area is 115 Å². The molecule has 1 aromatic rings. The highest BCUT2D eigenvalue weighted by molar-refractivity contribution is 6.34. The monoisotopic (exact) mass is 289 g/mol. The highest BCUT2D eigenvalue weighted by Crippen LogP contribution is 2.19. The van der Waals surface area contributed by atoms with Gasteiger partial charge in [0.05, 0.1) is 11.6 Å². The van der Waals surface area contributed by atoms with Crippen molar-refractivity contribution in [2.75, 3.05) is 19.8 Å². The van der Waals surface area contributed by atoms with Gasteiger partial charge in [-0.05, 0) is 30.9 Å². The fourth-order valence-electron chi connectivity index (χ4n) is 1.74. The van der Waals surface area contributed by atoms with Crippen LogP contribution < -0.4 is 0 Å². The number of carbonyl (C=O) groups is 1. The van der Waals surface area contributed by atoms with Crippen LogP contribution in [0.25, 0.3) is 0 Å². The maximum absolute atomic E-state index is 11.8. The van der Waals surface area contributed by atoms with Gasteiger partial charge in [0.15, 0.2) is 5.69 Å². The van der Waals surface area contributed by atoms with Gasteiger partial charge in [-0.25, -0.2) is 9.78 Å². The number of hydrogen-bond donors (Lipinski definition) is 0. The third-order valence-electron chi connectivity index (χ3n) is 2.80. The van der Waals surface area contributed by atoms with Gasteiger partial charge in [0.1, 0.15) is 5.15 Å². The zero-order valence-electron chi connectivity index (χ0n) is 9.70. The second kappa shape index (κ2) is 6.36. The molecule has 0 aromatic carbocycles. The van der Waals surface area contributed by atoms with Crippen LogP contribution in [0.4, 0.5) is 0 Å². The Morgan fingerprint density at radius 1 is 1.39 bits per heavy atom. The van der Waals surface area contributed by atoms with E-state index in [9.17, 15) is 4.79 Å². The second-order valence-electron chi connectivity index (χ2n) is 4.12. The van der Waals surface area contributed by atoms with Crippen molar-refractivity contribution in [2.24, 2.45) is 5.92 Å². The van der Waals surface area contributed by atoms with Gasteiger partial charge in [0.2, 0.25) is 0 Å². The summed E-state index contributed by atoms with van der Waals surface area (Å²) in [5, 5.41) is 0.466. The molecule has 0 saturated carbocycles. The fourth-order valence-corrected chi connectivity index (χ4v) is 2.07. The highest BCUT2D eigenvalue weighted by atomic mass is 35.5. The van der Waals surface area contributed by atoms with Crippen LogP contribution in [0.15, 0.2) is 12.1 Å². The lowest BCUT2D eigenvalue weighted by atomic mass is 10.0. The average Bonchev–Trinajstić information content (AvgIpc) is 2.40. The molecular formula is C12H13Cl2NO3. The first-order valence-corrected chi connectivity index (χ1v) is 6.49. The highest BCUT2D eigenvalue weighted by Gasteiger charge is 2.19. The van der Waals surface area contributed by atoms with E-state index >= 15 is 0 Å². The van der Waals surface area contributed by atoms with E-state index < -0.39 is 5.97 Å². The first-order chi connectivity index (χ1) is 8.66. The fraction of sp³-hybridized carbons (Fsp3) is 0.500. The van der Waals surface area contributed by atoms with Crippen molar-refractivity contribution < 1.29 is 14.3 Å². The summed E-state index contributed by atoms with van der Waals surface area (Å²) >= 11 is 11.6. The first-order valence-electron chi connectivity index (χ1n) is 5.73. The van der Waals surface area contributed by atoms with Crippen molar-refractivity contribution in [1.82, 2.24) is 4.98 Å². The van der Waals surface area contributed by atoms with E-state index in [1.165, 1.54) is 12.1 Å². The minimum atomic E-state index is -0.533. The number of esters is 1. The second-order valence-corrected chi connectivity index (χ2v) is 4.91. The van der Waals surface area contributed by atoms with Crippen molar-refractivity contribution in [3.8, 4) is 0 Å². The number of ether oxygens (including phenoxy) is 2. The number of aromatic nitrogens is 1. The molecule has 1 aliphatic heterocycles. The molecule has 0 aliphatic carbocycles. The zero-order valence-corrected chi connectivity index (χ0v) is 11.2. The molecule has 0 radical (unpaired) electrons. The van der Waals surface area contributed by atoms with Crippen LogP contribution in [-0.4, -0.2) is 30.8 Å². The summed E-state index contributed by atoms with van der Waals surface area (Å²) in [5.41, 5.74) is 0.0660. The average molecular weight is 290 g/mol. The van der Waals surface area contributed by atoms with E-state index in [-0.39, 0.29) is 15.9 Å². The molecule has 0 amide bonds. The van der Waals surface area contributed by atoms with E-state index in [0.717, 1.165) is 26.1 Å². The van der Waals surface area contributed by atoms with Crippen LogP contribution in [0, 0.1) is 5.92 Å². The van der Waals surface area contributed by atoms with Crippen LogP contribution in [0.2, 0.25) is 10.2 Å². The van der Waals surface area contributed by atoms with Crippen molar-refractivity contribution in [3.05, 3.63) is 28.0 Å². The maximum Gasteiger partial charge on any atom is 0.358 e. The molecule has 18 heavy (non-hydrogen) atoms. The minimum absolute atomic E-state index is 0.0660. The number of carbonyl (C=O) groups excluding carboxylic acids is 1. The number of pyridine rings is 1. The Kier molecular flexibility index (Phi) is 4.80. The van der Waals surface area contributed by atoms with E-state index in [0.29, 0.717) is 12.5 Å². The Morgan fingerprint density at radius 3 is 2.83 bits per heavy atom. The summed E-state index contributed by atoms with van der Waals surface area (Å²) in [7, 11) is 0.